The number of halogens is 1. The minimum Gasteiger partial charge on any atom is -0.481 e. The van der Waals surface area contributed by atoms with Crippen LogP contribution in [0.15, 0.2) is 46.3 Å². The fourth-order valence-corrected chi connectivity index (χ4v) is 8.01. The van der Waals surface area contributed by atoms with Gasteiger partial charge in [0, 0.05) is 66.5 Å². The summed E-state index contributed by atoms with van der Waals surface area (Å²) in [5.41, 5.74) is 3.47. The second-order valence-corrected chi connectivity index (χ2v) is 13.0. The predicted octanol–water partition coefficient (Wildman–Crippen LogP) is 5.02. The highest BCUT2D eigenvalue weighted by molar-refractivity contribution is 14.2. The topological polar surface area (TPSA) is 76.5 Å². The van der Waals surface area contributed by atoms with E-state index < -0.39 is 5.97 Å². The summed E-state index contributed by atoms with van der Waals surface area (Å²) in [6, 6.07) is 13.2. The molecule has 2 aromatic carbocycles. The summed E-state index contributed by atoms with van der Waals surface area (Å²) in [5, 5.41) is 9.90. The van der Waals surface area contributed by atoms with Gasteiger partial charge in [0.25, 0.3) is 0 Å². The van der Waals surface area contributed by atoms with Crippen molar-refractivity contribution < 1.29 is 14.7 Å². The Morgan fingerprint density at radius 3 is 2.40 bits per heavy atom. The summed E-state index contributed by atoms with van der Waals surface area (Å²) < 4.78 is 1.29. The lowest BCUT2D eigenvalue weighted by Crippen LogP contribution is -2.48. The molecule has 0 aromatic heterocycles. The van der Waals surface area contributed by atoms with E-state index in [2.05, 4.69) is 81.3 Å². The highest BCUT2D eigenvalue weighted by atomic mass is 127. The van der Waals surface area contributed by atoms with Gasteiger partial charge in [0.2, 0.25) is 5.91 Å². The Bertz CT molecular complexity index is 1220. The lowest BCUT2D eigenvalue weighted by Gasteiger charge is -2.36. The van der Waals surface area contributed by atoms with Gasteiger partial charge < -0.3 is 19.8 Å². The van der Waals surface area contributed by atoms with Gasteiger partial charge >= 0.3 is 5.97 Å². The molecule has 0 bridgehead atoms. The summed E-state index contributed by atoms with van der Waals surface area (Å²) in [7, 11) is -0.108. The first-order valence-corrected chi connectivity index (χ1v) is 16.1. The van der Waals surface area contributed by atoms with Crippen LogP contribution >= 0.6 is 28.9 Å². The molecular weight excluding hydrogens is 575 g/mol. The van der Waals surface area contributed by atoms with Gasteiger partial charge in [0.1, 0.15) is 0 Å². The fraction of sp³-hybridized carbons (Fsp3) is 0.462. The largest absolute Gasteiger partial charge is 0.481 e. The Kier molecular flexibility index (Phi) is 8.69. The number of carbonyl (C=O) groups is 2. The van der Waals surface area contributed by atoms with Crippen molar-refractivity contribution in [2.24, 2.45) is 4.99 Å². The van der Waals surface area contributed by atoms with Crippen LogP contribution in [-0.4, -0.2) is 61.2 Å². The summed E-state index contributed by atoms with van der Waals surface area (Å²) in [5.74, 6) is -1.000. The van der Waals surface area contributed by atoms with E-state index in [0.717, 1.165) is 55.8 Å². The standard InChI is InChI=1S/C26H33IN4O3S/c1-3-11-29(12-4-2)19-5-7-21-23(17-19)35(27)24-18-20(6-8-22(24)28-21)30-13-15-31(16-14-30)25(32)9-10-26(33)34/h5-8,17-18H,3-4,9-16H2,1-2H3,(H,33,34). The number of hydrogen-bond acceptors (Lipinski definition) is 5. The van der Waals surface area contributed by atoms with Gasteiger partial charge in [-0.25, -0.2) is 4.99 Å². The molecule has 1 atom stereocenters. The molecule has 2 aliphatic rings. The van der Waals surface area contributed by atoms with Crippen molar-refractivity contribution >= 4 is 57.8 Å². The maximum Gasteiger partial charge on any atom is 0.303 e. The number of aliphatic carboxylic acids is 1. The second-order valence-electron chi connectivity index (χ2n) is 8.92. The van der Waals surface area contributed by atoms with E-state index in [4.69, 9.17) is 10.1 Å². The summed E-state index contributed by atoms with van der Waals surface area (Å²) in [6.45, 7) is 9.29. The minimum atomic E-state index is -0.928. The van der Waals surface area contributed by atoms with Crippen molar-refractivity contribution in [3.05, 3.63) is 46.3 Å². The third kappa shape index (κ3) is 5.99. The maximum absolute atomic E-state index is 12.3. The number of carbonyl (C=O) groups excluding carboxylic acids is 1. The van der Waals surface area contributed by atoms with E-state index in [1.807, 2.05) is 0 Å². The molecule has 1 amide bonds. The smallest absolute Gasteiger partial charge is 0.303 e. The number of nitrogens with zero attached hydrogens (tertiary/aromatic N) is 4. The number of rotatable bonds is 9. The van der Waals surface area contributed by atoms with Gasteiger partial charge in [-0.3, -0.25) is 9.59 Å². The maximum atomic E-state index is 12.3. The van der Waals surface area contributed by atoms with Crippen LogP contribution in [-0.2, 0) is 9.59 Å². The minimum absolute atomic E-state index is 0.0716. The first-order chi connectivity index (χ1) is 16.9. The number of hydrogen-bond donors (Lipinski definition) is 1. The molecule has 1 unspecified atom stereocenters. The van der Waals surface area contributed by atoms with E-state index in [1.54, 1.807) is 4.90 Å². The molecule has 4 rings (SSSR count). The van der Waals surface area contributed by atoms with Gasteiger partial charge in [-0.05, 0) is 70.4 Å². The number of carboxylic acid groups (broad SMARTS) is 1. The third-order valence-corrected chi connectivity index (χ3v) is 10.7. The first kappa shape index (κ1) is 25.9. The Hall–Kier alpha value is -2.14. The molecule has 188 valence electrons. The van der Waals surface area contributed by atoms with Crippen molar-refractivity contribution in [1.29, 1.82) is 0 Å². The molecule has 0 radical (unpaired) electrons. The average molecular weight is 609 g/mol. The molecule has 1 saturated heterocycles. The zero-order valence-corrected chi connectivity index (χ0v) is 23.3. The monoisotopic (exact) mass is 608 g/mol. The molecule has 35 heavy (non-hydrogen) atoms. The van der Waals surface area contributed by atoms with Crippen molar-refractivity contribution in [2.75, 3.05) is 49.1 Å². The van der Waals surface area contributed by atoms with Crippen LogP contribution in [0.1, 0.15) is 39.5 Å². The number of benzene rings is 2. The van der Waals surface area contributed by atoms with Crippen LogP contribution in [0, 0.1) is 4.51 Å². The number of piperazine rings is 1. The normalized spacial score (nSPS) is 16.8. The molecule has 2 aromatic rings. The molecule has 0 aliphatic carbocycles. The Labute approximate surface area is 221 Å². The predicted molar refractivity (Wildman–Crippen MR) is 151 cm³/mol. The van der Waals surface area contributed by atoms with Gasteiger partial charge in [0.15, 0.2) is 0 Å². The van der Waals surface area contributed by atoms with E-state index in [1.165, 1.54) is 15.1 Å². The van der Waals surface area contributed by atoms with E-state index in [0.29, 0.717) is 13.1 Å². The lowest BCUT2D eigenvalue weighted by atomic mass is 10.2. The zero-order chi connectivity index (χ0) is 24.9. The zero-order valence-electron chi connectivity index (χ0n) is 20.4. The summed E-state index contributed by atoms with van der Waals surface area (Å²) in [6.07, 6.45) is 2.22. The number of amides is 1. The highest BCUT2D eigenvalue weighted by Gasteiger charge is 2.23. The fourth-order valence-electron chi connectivity index (χ4n) is 4.61. The van der Waals surface area contributed by atoms with Crippen LogP contribution in [0.5, 0.6) is 0 Å². The van der Waals surface area contributed by atoms with Crippen molar-refractivity contribution in [1.82, 2.24) is 4.90 Å². The summed E-state index contributed by atoms with van der Waals surface area (Å²) >= 11 is 2.57. The number of anilines is 2. The van der Waals surface area contributed by atoms with Crippen LogP contribution in [0.4, 0.5) is 17.1 Å². The van der Waals surface area contributed by atoms with E-state index in [9.17, 15) is 9.59 Å². The Balaban J connectivity index is 1.54. The molecule has 2 aliphatic heterocycles. The number of fused-ring (bicyclic) bond motifs is 2. The van der Waals surface area contributed by atoms with Crippen molar-refractivity contribution in [2.45, 2.75) is 44.4 Å². The van der Waals surface area contributed by atoms with E-state index in [-0.39, 0.29) is 26.4 Å². The van der Waals surface area contributed by atoms with Gasteiger partial charge in [-0.2, -0.15) is 0 Å². The third-order valence-electron chi connectivity index (χ3n) is 6.42. The molecule has 1 N–H and O–H groups in total. The van der Waals surface area contributed by atoms with Crippen molar-refractivity contribution in [3.8, 4) is 0 Å². The SMILES string of the molecule is CCCN(CCC)c1ccc2c(c1)=S(I)c1cc(N3CCN(C(=O)CCC(=O)O)CC3)ccc1N=2. The van der Waals surface area contributed by atoms with Crippen LogP contribution in [0.3, 0.4) is 0 Å². The van der Waals surface area contributed by atoms with Crippen LogP contribution in [0.2, 0.25) is 0 Å². The van der Waals surface area contributed by atoms with Crippen LogP contribution in [0.25, 0.3) is 0 Å². The molecule has 0 saturated carbocycles. The molecule has 2 heterocycles. The average Bonchev–Trinajstić information content (AvgIpc) is 2.87. The summed E-state index contributed by atoms with van der Waals surface area (Å²) in [4.78, 5) is 35.8. The van der Waals surface area contributed by atoms with Gasteiger partial charge in [0.05, 0.1) is 17.5 Å². The molecule has 0 spiro atoms. The highest BCUT2D eigenvalue weighted by Crippen LogP contribution is 2.46. The van der Waals surface area contributed by atoms with Crippen LogP contribution < -0.4 is 15.2 Å². The van der Waals surface area contributed by atoms with Crippen molar-refractivity contribution in [3.63, 3.8) is 0 Å². The number of carboxylic acids is 1. The van der Waals surface area contributed by atoms with Gasteiger partial charge in [-0.1, -0.05) is 21.5 Å². The van der Waals surface area contributed by atoms with Gasteiger partial charge in [-0.15, -0.1) is 0 Å². The Morgan fingerprint density at radius 1 is 1.03 bits per heavy atom. The molecule has 7 nitrogen and oxygen atoms in total. The molecule has 1 fully saturated rings. The Morgan fingerprint density at radius 2 is 1.74 bits per heavy atom. The molecular formula is C26H33IN4O3S. The quantitative estimate of drug-likeness (QED) is 0.320. The van der Waals surface area contributed by atoms with E-state index >= 15 is 0 Å². The first-order valence-electron chi connectivity index (χ1n) is 12.3. The lowest BCUT2D eigenvalue weighted by molar-refractivity contribution is -0.141. The second kappa shape index (κ2) is 11.7. The molecule has 9 heteroatoms.